The van der Waals surface area contributed by atoms with E-state index >= 15 is 0 Å². The van der Waals surface area contributed by atoms with Crippen LogP contribution in [-0.2, 0) is 12.8 Å². The Morgan fingerprint density at radius 3 is 2.62 bits per heavy atom. The largest absolute Gasteiger partial charge is 0.354 e. The number of rotatable bonds is 9. The van der Waals surface area contributed by atoms with Crippen LogP contribution in [0.2, 0.25) is 0 Å². The van der Waals surface area contributed by atoms with Crippen LogP contribution < -0.4 is 5.32 Å². The Hall–Kier alpha value is -2.09. The van der Waals surface area contributed by atoms with E-state index in [0.29, 0.717) is 30.3 Å². The number of aromatic amines is 1. The van der Waals surface area contributed by atoms with Gasteiger partial charge in [-0.3, -0.25) is 9.59 Å². The van der Waals surface area contributed by atoms with Crippen molar-refractivity contribution in [1.29, 1.82) is 0 Å². The van der Waals surface area contributed by atoms with Crippen molar-refractivity contribution in [3.05, 3.63) is 28.3 Å². The van der Waals surface area contributed by atoms with E-state index in [1.807, 2.05) is 20.1 Å². The maximum Gasteiger partial charge on any atom is 0.268 e. The third-order valence-electron chi connectivity index (χ3n) is 5.69. The van der Waals surface area contributed by atoms with E-state index in [1.54, 1.807) is 18.7 Å². The van der Waals surface area contributed by atoms with Gasteiger partial charge in [0, 0.05) is 30.3 Å². The molecule has 3 rings (SSSR count). The molecule has 0 spiro atoms. The van der Waals surface area contributed by atoms with Gasteiger partial charge >= 0.3 is 0 Å². The van der Waals surface area contributed by atoms with Crippen LogP contribution in [0.5, 0.6) is 0 Å². The zero-order valence-electron chi connectivity index (χ0n) is 17.8. The number of Topliss-reactive ketones (excluding diaryl/α,β-unsaturated/α-hetero) is 1. The summed E-state index contributed by atoms with van der Waals surface area (Å²) in [6.45, 7) is 5.90. The topological polar surface area (TPSA) is 92.7 Å². The molecular formula is C21H31N5O2S. The molecule has 1 aliphatic rings. The standard InChI is InChI=1S/C21H31N5O2S/c1-5-16-18(14(3)27)13(2)23-19(16)20(28)22-12-8-11-17-24-25-21(29-4)26(17)15-9-6-7-10-15/h15,23H,5-12H2,1-4H3,(H,22,28). The lowest BCUT2D eigenvalue weighted by Crippen LogP contribution is -2.26. The van der Waals surface area contributed by atoms with Crippen molar-refractivity contribution in [2.24, 2.45) is 0 Å². The van der Waals surface area contributed by atoms with Crippen LogP contribution in [0.3, 0.4) is 0 Å². The summed E-state index contributed by atoms with van der Waals surface area (Å²) in [5.74, 6) is 0.851. The van der Waals surface area contributed by atoms with Gasteiger partial charge in [0.05, 0.1) is 0 Å². The first-order valence-electron chi connectivity index (χ1n) is 10.5. The van der Waals surface area contributed by atoms with Crippen LogP contribution in [-0.4, -0.2) is 44.2 Å². The molecule has 0 radical (unpaired) electrons. The van der Waals surface area contributed by atoms with Gasteiger partial charge in [0.2, 0.25) is 0 Å². The zero-order chi connectivity index (χ0) is 21.0. The molecule has 0 atom stereocenters. The van der Waals surface area contributed by atoms with E-state index in [2.05, 4.69) is 25.1 Å². The van der Waals surface area contributed by atoms with Crippen LogP contribution >= 0.6 is 11.8 Å². The Kier molecular flexibility index (Phi) is 7.16. The molecule has 7 nitrogen and oxygen atoms in total. The average Bonchev–Trinajstić information content (AvgIpc) is 3.42. The Labute approximate surface area is 176 Å². The van der Waals surface area contributed by atoms with Crippen LogP contribution in [0.4, 0.5) is 0 Å². The Bertz CT molecular complexity index is 880. The van der Waals surface area contributed by atoms with Gasteiger partial charge in [0.1, 0.15) is 11.5 Å². The number of hydrogen-bond acceptors (Lipinski definition) is 5. The summed E-state index contributed by atoms with van der Waals surface area (Å²) >= 11 is 1.64. The lowest BCUT2D eigenvalue weighted by molar-refractivity contribution is 0.0947. The molecule has 2 aromatic heterocycles. The summed E-state index contributed by atoms with van der Waals surface area (Å²) in [6, 6.07) is 0.510. The number of amides is 1. The first kappa shape index (κ1) is 21.6. The number of aromatic nitrogens is 4. The third kappa shape index (κ3) is 4.57. The first-order valence-corrected chi connectivity index (χ1v) is 11.7. The summed E-state index contributed by atoms with van der Waals surface area (Å²) in [6.07, 6.45) is 9.19. The molecule has 0 bridgehead atoms. The molecule has 0 saturated heterocycles. The summed E-state index contributed by atoms with van der Waals surface area (Å²) in [5.41, 5.74) is 2.72. The SMILES string of the molecule is CCc1c(C(=O)NCCCc2nnc(SC)n2C2CCCC2)[nH]c(C)c1C(C)=O. The smallest absolute Gasteiger partial charge is 0.268 e. The number of thioether (sulfide) groups is 1. The normalized spacial score (nSPS) is 14.5. The van der Waals surface area contributed by atoms with Crippen molar-refractivity contribution in [2.75, 3.05) is 12.8 Å². The Balaban J connectivity index is 1.60. The summed E-state index contributed by atoms with van der Waals surface area (Å²) < 4.78 is 2.31. The number of aryl methyl sites for hydroxylation is 2. The first-order chi connectivity index (χ1) is 14.0. The molecule has 2 N–H and O–H groups in total. The highest BCUT2D eigenvalue weighted by Crippen LogP contribution is 2.33. The van der Waals surface area contributed by atoms with Crippen molar-refractivity contribution >= 4 is 23.5 Å². The molecule has 1 amide bonds. The molecule has 158 valence electrons. The minimum atomic E-state index is -0.153. The maximum atomic E-state index is 12.7. The molecule has 1 aliphatic carbocycles. The number of ketones is 1. The fraction of sp³-hybridized carbons (Fsp3) is 0.619. The van der Waals surface area contributed by atoms with Crippen molar-refractivity contribution in [2.45, 2.75) is 76.9 Å². The Morgan fingerprint density at radius 1 is 1.28 bits per heavy atom. The molecule has 29 heavy (non-hydrogen) atoms. The molecule has 1 saturated carbocycles. The lowest BCUT2D eigenvalue weighted by atomic mass is 10.0. The van der Waals surface area contributed by atoms with Gasteiger partial charge in [-0.2, -0.15) is 0 Å². The van der Waals surface area contributed by atoms with Gasteiger partial charge in [-0.25, -0.2) is 0 Å². The van der Waals surface area contributed by atoms with E-state index in [-0.39, 0.29) is 11.7 Å². The highest BCUT2D eigenvalue weighted by atomic mass is 32.2. The minimum absolute atomic E-state index is 0.00880. The monoisotopic (exact) mass is 417 g/mol. The highest BCUT2D eigenvalue weighted by Gasteiger charge is 2.24. The van der Waals surface area contributed by atoms with Gasteiger partial charge in [0.25, 0.3) is 5.91 Å². The van der Waals surface area contributed by atoms with Crippen LogP contribution in [0.25, 0.3) is 0 Å². The molecular weight excluding hydrogens is 386 g/mol. The number of hydrogen-bond donors (Lipinski definition) is 2. The molecule has 8 heteroatoms. The van der Waals surface area contributed by atoms with Crippen LogP contribution in [0.15, 0.2) is 5.16 Å². The number of carbonyl (C=O) groups is 2. The van der Waals surface area contributed by atoms with Gasteiger partial charge in [-0.15, -0.1) is 10.2 Å². The fourth-order valence-electron chi connectivity index (χ4n) is 4.38. The van der Waals surface area contributed by atoms with Crippen molar-refractivity contribution in [3.8, 4) is 0 Å². The summed E-state index contributed by atoms with van der Waals surface area (Å²) in [5, 5.41) is 12.7. The molecule has 0 unspecified atom stereocenters. The quantitative estimate of drug-likeness (QED) is 0.367. The van der Waals surface area contributed by atoms with E-state index in [4.69, 9.17) is 0 Å². The second-order valence-electron chi connectivity index (χ2n) is 7.66. The van der Waals surface area contributed by atoms with E-state index in [1.165, 1.54) is 25.7 Å². The fourth-order valence-corrected chi connectivity index (χ4v) is 4.96. The van der Waals surface area contributed by atoms with Crippen LogP contribution in [0.1, 0.15) is 89.9 Å². The van der Waals surface area contributed by atoms with Gasteiger partial charge in [-0.1, -0.05) is 31.5 Å². The molecule has 2 aromatic rings. The lowest BCUT2D eigenvalue weighted by Gasteiger charge is -2.16. The van der Waals surface area contributed by atoms with Crippen LogP contribution in [0, 0.1) is 6.92 Å². The number of nitrogens with zero attached hydrogens (tertiary/aromatic N) is 3. The maximum absolute atomic E-state index is 12.7. The predicted molar refractivity (Wildman–Crippen MR) is 115 cm³/mol. The van der Waals surface area contributed by atoms with Gasteiger partial charge in [-0.05, 0) is 51.3 Å². The zero-order valence-corrected chi connectivity index (χ0v) is 18.6. The average molecular weight is 418 g/mol. The van der Waals surface area contributed by atoms with Crippen molar-refractivity contribution in [1.82, 2.24) is 25.1 Å². The summed E-state index contributed by atoms with van der Waals surface area (Å²) in [4.78, 5) is 27.7. The third-order valence-corrected chi connectivity index (χ3v) is 6.34. The van der Waals surface area contributed by atoms with Gasteiger partial charge in [0.15, 0.2) is 10.9 Å². The second kappa shape index (κ2) is 9.61. The predicted octanol–water partition coefficient (Wildman–Crippen LogP) is 3.88. The molecule has 0 aliphatic heterocycles. The van der Waals surface area contributed by atoms with Crippen molar-refractivity contribution in [3.63, 3.8) is 0 Å². The molecule has 0 aromatic carbocycles. The number of H-pyrrole nitrogens is 1. The second-order valence-corrected chi connectivity index (χ2v) is 8.43. The van der Waals surface area contributed by atoms with E-state index < -0.39 is 0 Å². The molecule has 2 heterocycles. The minimum Gasteiger partial charge on any atom is -0.354 e. The molecule has 1 fully saturated rings. The highest BCUT2D eigenvalue weighted by molar-refractivity contribution is 7.98. The van der Waals surface area contributed by atoms with E-state index in [0.717, 1.165) is 35.1 Å². The Morgan fingerprint density at radius 2 is 2.00 bits per heavy atom. The summed E-state index contributed by atoms with van der Waals surface area (Å²) in [7, 11) is 0. The van der Waals surface area contributed by atoms with E-state index in [9.17, 15) is 9.59 Å². The van der Waals surface area contributed by atoms with Crippen molar-refractivity contribution < 1.29 is 9.59 Å². The van der Waals surface area contributed by atoms with Gasteiger partial charge < -0.3 is 14.9 Å². The number of nitrogens with one attached hydrogen (secondary N) is 2. The number of carbonyl (C=O) groups excluding carboxylic acids is 2.